The molecule has 112 valence electrons. The van der Waals surface area contributed by atoms with Crippen molar-refractivity contribution in [2.75, 3.05) is 6.54 Å². The van der Waals surface area contributed by atoms with Gasteiger partial charge in [0.2, 0.25) is 0 Å². The number of carbonyl (C=O) groups excluding carboxylic acids is 1. The zero-order valence-electron chi connectivity index (χ0n) is 12.7. The normalized spacial score (nSPS) is 22.4. The predicted molar refractivity (Wildman–Crippen MR) is 79.9 cm³/mol. The number of carbonyl (C=O) groups is 1. The van der Waals surface area contributed by atoms with Crippen molar-refractivity contribution in [1.82, 2.24) is 10.6 Å². The van der Waals surface area contributed by atoms with Crippen molar-refractivity contribution in [2.24, 2.45) is 0 Å². The smallest absolute Gasteiger partial charge is 0.316 e. The van der Waals surface area contributed by atoms with Gasteiger partial charge in [-0.25, -0.2) is 4.79 Å². The van der Waals surface area contributed by atoms with Crippen LogP contribution in [0, 0.1) is 11.3 Å². The van der Waals surface area contributed by atoms with Crippen LogP contribution in [0.1, 0.15) is 39.2 Å². The highest BCUT2D eigenvalue weighted by Crippen LogP contribution is 2.43. The van der Waals surface area contributed by atoms with Crippen LogP contribution >= 0.6 is 0 Å². The Bertz CT molecular complexity index is 577. The summed E-state index contributed by atoms with van der Waals surface area (Å²) in [6.45, 7) is 6.39. The highest BCUT2D eigenvalue weighted by Gasteiger charge is 2.46. The molecule has 1 aromatic rings. The van der Waals surface area contributed by atoms with Crippen LogP contribution in [0.25, 0.3) is 0 Å². The van der Waals surface area contributed by atoms with E-state index in [1.165, 1.54) is 0 Å². The van der Waals surface area contributed by atoms with Gasteiger partial charge >= 0.3 is 6.03 Å². The molecule has 0 radical (unpaired) electrons. The second kappa shape index (κ2) is 5.65. The molecule has 0 saturated heterocycles. The maximum absolute atomic E-state index is 12.0. The van der Waals surface area contributed by atoms with Crippen LogP contribution < -0.4 is 15.4 Å². The Labute approximate surface area is 125 Å². The molecule has 5 nitrogen and oxygen atoms in total. The van der Waals surface area contributed by atoms with Crippen LogP contribution in [0.15, 0.2) is 24.3 Å². The molecule has 2 amide bonds. The number of ether oxygens (including phenoxy) is 1. The van der Waals surface area contributed by atoms with E-state index in [0.29, 0.717) is 24.3 Å². The molecule has 2 N–H and O–H groups in total. The summed E-state index contributed by atoms with van der Waals surface area (Å²) >= 11 is 0. The molecule has 21 heavy (non-hydrogen) atoms. The van der Waals surface area contributed by atoms with Gasteiger partial charge < -0.3 is 15.4 Å². The van der Waals surface area contributed by atoms with Crippen molar-refractivity contribution >= 4 is 6.03 Å². The first kappa shape index (κ1) is 15.2. The summed E-state index contributed by atoms with van der Waals surface area (Å²) in [5.41, 5.74) is -0.892. The van der Waals surface area contributed by atoms with E-state index in [1.807, 2.05) is 45.0 Å². The van der Waals surface area contributed by atoms with Crippen LogP contribution in [0.4, 0.5) is 4.79 Å². The highest BCUT2D eigenvalue weighted by molar-refractivity contribution is 5.76. The molecule has 0 saturated carbocycles. The van der Waals surface area contributed by atoms with E-state index >= 15 is 0 Å². The first-order chi connectivity index (χ1) is 9.92. The van der Waals surface area contributed by atoms with Gasteiger partial charge in [0.05, 0.1) is 6.07 Å². The molecule has 2 rings (SSSR count). The van der Waals surface area contributed by atoms with E-state index < -0.39 is 11.1 Å². The lowest BCUT2D eigenvalue weighted by molar-refractivity contribution is 0.0519. The summed E-state index contributed by atoms with van der Waals surface area (Å²) in [5, 5.41) is 15.3. The van der Waals surface area contributed by atoms with Gasteiger partial charge in [0.1, 0.15) is 11.4 Å². The summed E-state index contributed by atoms with van der Waals surface area (Å²) in [7, 11) is 0. The first-order valence-electron chi connectivity index (χ1n) is 7.18. The molecule has 5 heteroatoms. The minimum Gasteiger partial charge on any atom is -0.487 e. The molecule has 0 spiro atoms. The van der Waals surface area contributed by atoms with E-state index in [4.69, 9.17) is 4.74 Å². The van der Waals surface area contributed by atoms with Crippen molar-refractivity contribution in [3.8, 4) is 11.8 Å². The third-order valence-electron chi connectivity index (χ3n) is 3.48. The van der Waals surface area contributed by atoms with Crippen LogP contribution in [0.5, 0.6) is 5.75 Å². The SMILES string of the molecule is CCCNC(=O)NC1(C#N)CC(C)(C)Oc2ccccc21. The number of hydrogen-bond acceptors (Lipinski definition) is 3. The lowest BCUT2D eigenvalue weighted by Gasteiger charge is -2.42. The van der Waals surface area contributed by atoms with Gasteiger partial charge in [0.15, 0.2) is 5.54 Å². The second-order valence-corrected chi connectivity index (χ2v) is 5.93. The summed E-state index contributed by atoms with van der Waals surface area (Å²) in [4.78, 5) is 12.0. The minimum atomic E-state index is -1.07. The molecule has 0 aliphatic carbocycles. The largest absolute Gasteiger partial charge is 0.487 e. The first-order valence-corrected chi connectivity index (χ1v) is 7.18. The van der Waals surface area contributed by atoms with Crippen LogP contribution in [0.2, 0.25) is 0 Å². The predicted octanol–water partition coefficient (Wildman–Crippen LogP) is 2.68. The average molecular weight is 287 g/mol. The number of amides is 2. The van der Waals surface area contributed by atoms with E-state index in [0.717, 1.165) is 6.42 Å². The average Bonchev–Trinajstić information content (AvgIpc) is 2.43. The Morgan fingerprint density at radius 1 is 1.43 bits per heavy atom. The van der Waals surface area contributed by atoms with Crippen molar-refractivity contribution in [2.45, 2.75) is 44.8 Å². The third-order valence-corrected chi connectivity index (χ3v) is 3.48. The number of para-hydroxylation sites is 1. The van der Waals surface area contributed by atoms with Gasteiger partial charge in [-0.2, -0.15) is 5.26 Å². The second-order valence-electron chi connectivity index (χ2n) is 5.93. The number of rotatable bonds is 3. The van der Waals surface area contributed by atoms with Crippen LogP contribution in [-0.2, 0) is 5.54 Å². The highest BCUT2D eigenvalue weighted by atomic mass is 16.5. The quantitative estimate of drug-likeness (QED) is 0.897. The molecule has 0 aromatic heterocycles. The molecule has 1 aliphatic rings. The van der Waals surface area contributed by atoms with Gasteiger partial charge in [-0.1, -0.05) is 25.1 Å². The topological polar surface area (TPSA) is 74.2 Å². The van der Waals surface area contributed by atoms with Crippen molar-refractivity contribution in [1.29, 1.82) is 5.26 Å². The van der Waals surface area contributed by atoms with E-state index in [2.05, 4.69) is 16.7 Å². The minimum absolute atomic E-state index is 0.328. The lowest BCUT2D eigenvalue weighted by atomic mass is 9.78. The van der Waals surface area contributed by atoms with Gasteiger partial charge in [0.25, 0.3) is 0 Å². The number of nitriles is 1. The van der Waals surface area contributed by atoms with Crippen molar-refractivity contribution in [3.05, 3.63) is 29.8 Å². The van der Waals surface area contributed by atoms with Crippen molar-refractivity contribution < 1.29 is 9.53 Å². The summed E-state index contributed by atoms with van der Waals surface area (Å²) < 4.78 is 5.92. The molecule has 1 aliphatic heterocycles. The molecule has 1 aromatic carbocycles. The number of hydrogen-bond donors (Lipinski definition) is 2. The third kappa shape index (κ3) is 3.10. The Hall–Kier alpha value is -2.22. The summed E-state index contributed by atoms with van der Waals surface area (Å²) in [6, 6.07) is 9.32. The molecular weight excluding hydrogens is 266 g/mol. The fraction of sp³-hybridized carbons (Fsp3) is 0.500. The Morgan fingerprint density at radius 2 is 2.14 bits per heavy atom. The fourth-order valence-electron chi connectivity index (χ4n) is 2.69. The fourth-order valence-corrected chi connectivity index (χ4v) is 2.69. The molecule has 1 unspecified atom stereocenters. The standard InChI is InChI=1S/C16H21N3O2/c1-4-9-18-14(20)19-16(11-17)10-15(2,3)21-13-8-6-5-7-12(13)16/h5-8H,4,9-10H2,1-3H3,(H2,18,19,20). The number of nitrogens with one attached hydrogen (secondary N) is 2. The maximum atomic E-state index is 12.0. The van der Waals surface area contributed by atoms with Gasteiger partial charge in [0, 0.05) is 18.5 Å². The molecule has 1 heterocycles. The van der Waals surface area contributed by atoms with E-state index in [9.17, 15) is 10.1 Å². The Morgan fingerprint density at radius 3 is 2.81 bits per heavy atom. The number of benzene rings is 1. The van der Waals surface area contributed by atoms with Crippen molar-refractivity contribution in [3.63, 3.8) is 0 Å². The Kier molecular flexibility index (Phi) is 4.08. The monoisotopic (exact) mass is 287 g/mol. The molecule has 1 atom stereocenters. The zero-order valence-corrected chi connectivity index (χ0v) is 12.7. The summed E-state index contributed by atoms with van der Waals surface area (Å²) in [6.07, 6.45) is 1.24. The molecule has 0 fully saturated rings. The van der Waals surface area contributed by atoms with Crippen LogP contribution in [-0.4, -0.2) is 18.2 Å². The number of urea groups is 1. The zero-order chi connectivity index (χ0) is 15.5. The Balaban J connectivity index is 2.37. The molecular formula is C16H21N3O2. The number of nitrogens with zero attached hydrogens (tertiary/aromatic N) is 1. The summed E-state index contributed by atoms with van der Waals surface area (Å²) in [5.74, 6) is 0.645. The van der Waals surface area contributed by atoms with Crippen LogP contribution in [0.3, 0.4) is 0 Å². The van der Waals surface area contributed by atoms with E-state index in [-0.39, 0.29) is 6.03 Å². The molecule has 0 bridgehead atoms. The maximum Gasteiger partial charge on any atom is 0.316 e. The van der Waals surface area contributed by atoms with Gasteiger partial charge in [-0.15, -0.1) is 0 Å². The van der Waals surface area contributed by atoms with Gasteiger partial charge in [-0.05, 0) is 26.3 Å². The van der Waals surface area contributed by atoms with Gasteiger partial charge in [-0.3, -0.25) is 0 Å². The lowest BCUT2D eigenvalue weighted by Crippen LogP contribution is -2.55. The number of fused-ring (bicyclic) bond motifs is 1. The van der Waals surface area contributed by atoms with E-state index in [1.54, 1.807) is 0 Å².